The third-order valence-electron chi connectivity index (χ3n) is 5.17. The van der Waals surface area contributed by atoms with Crippen molar-refractivity contribution in [2.75, 3.05) is 0 Å². The number of nitrogens with one attached hydrogen (secondary N) is 1. The normalized spacial score (nSPS) is 19.4. The molecule has 5 heteroatoms. The highest BCUT2D eigenvalue weighted by atomic mass is 16.5. The van der Waals surface area contributed by atoms with Gasteiger partial charge in [0.15, 0.2) is 0 Å². The molecule has 5 rings (SSSR count). The van der Waals surface area contributed by atoms with Crippen LogP contribution in [0.4, 0.5) is 0 Å². The molecule has 124 valence electrons. The van der Waals surface area contributed by atoms with Crippen LogP contribution < -0.4 is 4.74 Å². The molecule has 0 spiro atoms. The molecule has 1 fully saturated rings. The summed E-state index contributed by atoms with van der Waals surface area (Å²) in [6.07, 6.45) is 5.39. The van der Waals surface area contributed by atoms with Gasteiger partial charge in [0.25, 0.3) is 0 Å². The summed E-state index contributed by atoms with van der Waals surface area (Å²) >= 11 is 0. The monoisotopic (exact) mass is 330 g/mol. The fraction of sp³-hybridized carbons (Fsp3) is 0.350. The third kappa shape index (κ3) is 2.54. The van der Waals surface area contributed by atoms with E-state index in [2.05, 4.69) is 27.3 Å². The highest BCUT2D eigenvalue weighted by Gasteiger charge is 2.28. The fourth-order valence-electron chi connectivity index (χ4n) is 3.73. The van der Waals surface area contributed by atoms with E-state index in [0.717, 1.165) is 41.8 Å². The van der Waals surface area contributed by atoms with Gasteiger partial charge in [0, 0.05) is 28.3 Å². The van der Waals surface area contributed by atoms with Crippen LogP contribution in [0.5, 0.6) is 5.75 Å². The zero-order valence-electron chi connectivity index (χ0n) is 13.8. The SMILES string of the molecule is N#Cc1ccc2c(n1)CCC[C@H]2Oc1ccc2n[nH]c(C3CC3)c2c1. The minimum absolute atomic E-state index is 0.00211. The Bertz CT molecular complexity index is 997. The van der Waals surface area contributed by atoms with Crippen molar-refractivity contribution in [3.8, 4) is 11.8 Å². The predicted molar refractivity (Wildman–Crippen MR) is 93.3 cm³/mol. The summed E-state index contributed by atoms with van der Waals surface area (Å²) in [7, 11) is 0. The van der Waals surface area contributed by atoms with Crippen LogP contribution >= 0.6 is 0 Å². The van der Waals surface area contributed by atoms with E-state index in [1.807, 2.05) is 18.2 Å². The molecule has 0 saturated heterocycles. The Morgan fingerprint density at radius 2 is 2.08 bits per heavy atom. The van der Waals surface area contributed by atoms with Crippen LogP contribution in [0.3, 0.4) is 0 Å². The predicted octanol–water partition coefficient (Wildman–Crippen LogP) is 4.16. The first-order valence-corrected chi connectivity index (χ1v) is 8.86. The quantitative estimate of drug-likeness (QED) is 0.782. The second-order valence-corrected chi connectivity index (χ2v) is 6.93. The molecule has 1 atom stereocenters. The average Bonchev–Trinajstić information content (AvgIpc) is 3.41. The molecule has 1 saturated carbocycles. The molecule has 5 nitrogen and oxygen atoms in total. The zero-order chi connectivity index (χ0) is 16.8. The number of hydrogen-bond donors (Lipinski definition) is 1. The van der Waals surface area contributed by atoms with Gasteiger partial charge in [0.2, 0.25) is 0 Å². The van der Waals surface area contributed by atoms with Crippen molar-refractivity contribution < 1.29 is 4.74 Å². The maximum atomic E-state index is 9.04. The number of aromatic nitrogens is 3. The van der Waals surface area contributed by atoms with E-state index >= 15 is 0 Å². The standard InChI is InChI=1S/C20H18N4O/c21-11-13-6-8-15-17(22-13)2-1-3-19(15)25-14-7-9-18-16(10-14)20(24-23-18)12-4-5-12/h6-10,12,19H,1-5H2,(H,23,24)/t19-/m1/s1. The van der Waals surface area contributed by atoms with E-state index in [0.29, 0.717) is 11.6 Å². The summed E-state index contributed by atoms with van der Waals surface area (Å²) in [6, 6.07) is 12.0. The van der Waals surface area contributed by atoms with Gasteiger partial charge in [0.1, 0.15) is 23.6 Å². The van der Waals surface area contributed by atoms with Crippen molar-refractivity contribution in [1.29, 1.82) is 5.26 Å². The van der Waals surface area contributed by atoms with Crippen molar-refractivity contribution in [3.05, 3.63) is 53.0 Å². The lowest BCUT2D eigenvalue weighted by atomic mass is 9.93. The van der Waals surface area contributed by atoms with Gasteiger partial charge in [-0.3, -0.25) is 5.10 Å². The Balaban J connectivity index is 1.47. The van der Waals surface area contributed by atoms with Gasteiger partial charge >= 0.3 is 0 Å². The van der Waals surface area contributed by atoms with Crippen LogP contribution in [0.15, 0.2) is 30.3 Å². The number of aryl methyl sites for hydroxylation is 1. The molecule has 0 radical (unpaired) electrons. The van der Waals surface area contributed by atoms with Gasteiger partial charge in [-0.05, 0) is 56.4 Å². The molecule has 25 heavy (non-hydrogen) atoms. The lowest BCUT2D eigenvalue weighted by molar-refractivity contribution is 0.182. The van der Waals surface area contributed by atoms with Gasteiger partial charge in [0.05, 0.1) is 5.52 Å². The third-order valence-corrected chi connectivity index (χ3v) is 5.17. The van der Waals surface area contributed by atoms with E-state index in [9.17, 15) is 0 Å². The topological polar surface area (TPSA) is 74.6 Å². The van der Waals surface area contributed by atoms with Crippen molar-refractivity contribution in [2.24, 2.45) is 0 Å². The highest BCUT2D eigenvalue weighted by Crippen LogP contribution is 2.43. The summed E-state index contributed by atoms with van der Waals surface area (Å²) in [5, 5.41) is 17.8. The van der Waals surface area contributed by atoms with E-state index in [1.54, 1.807) is 6.07 Å². The molecule has 0 amide bonds. The first-order chi connectivity index (χ1) is 12.3. The summed E-state index contributed by atoms with van der Waals surface area (Å²) in [6.45, 7) is 0. The van der Waals surface area contributed by atoms with E-state index in [1.165, 1.54) is 23.9 Å². The van der Waals surface area contributed by atoms with Gasteiger partial charge < -0.3 is 4.74 Å². The number of nitriles is 1. The fourth-order valence-corrected chi connectivity index (χ4v) is 3.73. The number of rotatable bonds is 3. The summed E-state index contributed by atoms with van der Waals surface area (Å²) in [5.74, 6) is 1.50. The highest BCUT2D eigenvalue weighted by molar-refractivity contribution is 5.83. The number of aromatic amines is 1. The number of pyridine rings is 1. The zero-order valence-corrected chi connectivity index (χ0v) is 13.8. The first kappa shape index (κ1) is 14.5. The summed E-state index contributed by atoms with van der Waals surface area (Å²) < 4.78 is 6.32. The lowest BCUT2D eigenvalue weighted by Gasteiger charge is -2.25. The van der Waals surface area contributed by atoms with Crippen LogP contribution in [0.1, 0.15) is 60.4 Å². The Kier molecular flexibility index (Phi) is 3.24. The summed E-state index contributed by atoms with van der Waals surface area (Å²) in [5.41, 5.74) is 4.83. The number of hydrogen-bond acceptors (Lipinski definition) is 4. The average molecular weight is 330 g/mol. The molecule has 2 aromatic heterocycles. The minimum atomic E-state index is -0.00211. The lowest BCUT2D eigenvalue weighted by Crippen LogP contribution is -2.17. The number of ether oxygens (including phenoxy) is 1. The molecule has 0 bridgehead atoms. The van der Waals surface area contributed by atoms with Gasteiger partial charge in [-0.1, -0.05) is 6.07 Å². The maximum Gasteiger partial charge on any atom is 0.140 e. The number of fused-ring (bicyclic) bond motifs is 2. The molecule has 1 aromatic carbocycles. The molecular weight excluding hydrogens is 312 g/mol. The maximum absolute atomic E-state index is 9.04. The second-order valence-electron chi connectivity index (χ2n) is 6.93. The van der Waals surface area contributed by atoms with Gasteiger partial charge in [-0.15, -0.1) is 0 Å². The van der Waals surface area contributed by atoms with Gasteiger partial charge in [-0.25, -0.2) is 4.98 Å². The Morgan fingerprint density at radius 1 is 1.16 bits per heavy atom. The molecular formula is C20H18N4O. The van der Waals surface area contributed by atoms with Crippen molar-refractivity contribution in [2.45, 2.75) is 44.1 Å². The van der Waals surface area contributed by atoms with Crippen LogP contribution in [-0.4, -0.2) is 15.2 Å². The minimum Gasteiger partial charge on any atom is -0.486 e. The Morgan fingerprint density at radius 3 is 2.92 bits per heavy atom. The Hall–Kier alpha value is -2.87. The Labute approximate surface area is 145 Å². The number of benzene rings is 1. The number of nitrogens with zero attached hydrogens (tertiary/aromatic N) is 3. The molecule has 0 aliphatic heterocycles. The van der Waals surface area contributed by atoms with Crippen molar-refractivity contribution in [3.63, 3.8) is 0 Å². The molecule has 3 aromatic rings. The van der Waals surface area contributed by atoms with E-state index in [4.69, 9.17) is 10.00 Å². The van der Waals surface area contributed by atoms with Gasteiger partial charge in [-0.2, -0.15) is 10.4 Å². The van der Waals surface area contributed by atoms with Crippen LogP contribution in [-0.2, 0) is 6.42 Å². The van der Waals surface area contributed by atoms with Crippen LogP contribution in [0.25, 0.3) is 10.9 Å². The molecule has 1 N–H and O–H groups in total. The number of H-pyrrole nitrogens is 1. The van der Waals surface area contributed by atoms with Crippen LogP contribution in [0.2, 0.25) is 0 Å². The second kappa shape index (κ2) is 5.59. The molecule has 2 heterocycles. The van der Waals surface area contributed by atoms with E-state index < -0.39 is 0 Å². The first-order valence-electron chi connectivity index (χ1n) is 8.86. The van der Waals surface area contributed by atoms with Crippen molar-refractivity contribution in [1.82, 2.24) is 15.2 Å². The summed E-state index contributed by atoms with van der Waals surface area (Å²) in [4.78, 5) is 4.45. The smallest absolute Gasteiger partial charge is 0.140 e. The van der Waals surface area contributed by atoms with Crippen LogP contribution in [0, 0.1) is 11.3 Å². The largest absolute Gasteiger partial charge is 0.486 e. The van der Waals surface area contributed by atoms with Crippen molar-refractivity contribution >= 4 is 10.9 Å². The van der Waals surface area contributed by atoms with E-state index in [-0.39, 0.29) is 6.10 Å². The molecule has 0 unspecified atom stereocenters. The molecule has 2 aliphatic rings. The molecule has 2 aliphatic carbocycles.